The van der Waals surface area contributed by atoms with E-state index in [2.05, 4.69) is 5.10 Å². The molecule has 0 unspecified atom stereocenters. The molecular formula is C11H9N3O3. The highest BCUT2D eigenvalue weighted by atomic mass is 16.5. The zero-order valence-corrected chi connectivity index (χ0v) is 9.04. The third-order valence-corrected chi connectivity index (χ3v) is 2.24. The fourth-order valence-corrected chi connectivity index (χ4v) is 1.45. The van der Waals surface area contributed by atoms with Crippen LogP contribution in [0.4, 0.5) is 0 Å². The summed E-state index contributed by atoms with van der Waals surface area (Å²) in [5.74, 6) is -0.686. The average Bonchev–Trinajstić information content (AvgIpc) is 2.75. The van der Waals surface area contributed by atoms with Gasteiger partial charge in [0.1, 0.15) is 17.1 Å². The number of nitriles is 1. The Morgan fingerprint density at radius 2 is 2.47 bits per heavy atom. The summed E-state index contributed by atoms with van der Waals surface area (Å²) in [5.41, 5.74) is 0.642. The van der Waals surface area contributed by atoms with Crippen molar-refractivity contribution in [3.8, 4) is 11.8 Å². The van der Waals surface area contributed by atoms with E-state index in [9.17, 15) is 9.90 Å². The Hall–Kier alpha value is -2.55. The van der Waals surface area contributed by atoms with E-state index < -0.39 is 5.97 Å². The minimum absolute atomic E-state index is 0.0611. The van der Waals surface area contributed by atoms with Crippen molar-refractivity contribution >= 4 is 11.5 Å². The first-order valence-electron chi connectivity index (χ1n) is 4.95. The normalized spacial score (nSPS) is 10.1. The van der Waals surface area contributed by atoms with Gasteiger partial charge in [-0.3, -0.25) is 0 Å². The van der Waals surface area contributed by atoms with Crippen LogP contribution in [0.15, 0.2) is 18.5 Å². The molecule has 0 radical (unpaired) electrons. The Balaban J connectivity index is 2.55. The number of carbonyl (C=O) groups is 1. The van der Waals surface area contributed by atoms with Crippen molar-refractivity contribution in [1.82, 2.24) is 9.61 Å². The van der Waals surface area contributed by atoms with Gasteiger partial charge in [-0.15, -0.1) is 0 Å². The molecule has 0 saturated carbocycles. The molecule has 86 valence electrons. The number of aromatic hydroxyl groups is 1. The smallest absolute Gasteiger partial charge is 0.339 e. The molecule has 0 aliphatic carbocycles. The van der Waals surface area contributed by atoms with Crippen molar-refractivity contribution in [2.75, 3.05) is 6.61 Å². The van der Waals surface area contributed by atoms with Crippen molar-refractivity contribution < 1.29 is 14.6 Å². The van der Waals surface area contributed by atoms with Crippen LogP contribution in [-0.2, 0) is 4.74 Å². The van der Waals surface area contributed by atoms with E-state index in [1.807, 2.05) is 6.07 Å². The number of carbonyl (C=O) groups excluding carboxylic acids is 1. The maximum absolute atomic E-state index is 11.5. The summed E-state index contributed by atoms with van der Waals surface area (Å²) in [4.78, 5) is 11.5. The molecule has 0 aromatic carbocycles. The molecule has 0 saturated heterocycles. The van der Waals surface area contributed by atoms with Gasteiger partial charge >= 0.3 is 5.97 Å². The third kappa shape index (κ3) is 1.78. The van der Waals surface area contributed by atoms with Gasteiger partial charge in [0.05, 0.1) is 18.4 Å². The van der Waals surface area contributed by atoms with Crippen molar-refractivity contribution in [1.29, 1.82) is 5.26 Å². The van der Waals surface area contributed by atoms with Crippen LogP contribution in [0.1, 0.15) is 22.8 Å². The van der Waals surface area contributed by atoms with E-state index in [0.29, 0.717) is 5.52 Å². The van der Waals surface area contributed by atoms with Crippen LogP contribution in [0, 0.1) is 11.3 Å². The number of rotatable bonds is 2. The Morgan fingerprint density at radius 1 is 1.71 bits per heavy atom. The van der Waals surface area contributed by atoms with Crippen LogP contribution >= 0.6 is 0 Å². The monoisotopic (exact) mass is 231 g/mol. The van der Waals surface area contributed by atoms with E-state index in [1.165, 1.54) is 23.0 Å². The van der Waals surface area contributed by atoms with Gasteiger partial charge < -0.3 is 9.84 Å². The Bertz CT molecular complexity index is 625. The van der Waals surface area contributed by atoms with Crippen molar-refractivity contribution in [2.45, 2.75) is 6.92 Å². The molecule has 0 aliphatic rings. The second-order valence-corrected chi connectivity index (χ2v) is 3.30. The first-order valence-corrected chi connectivity index (χ1v) is 4.95. The van der Waals surface area contributed by atoms with Crippen LogP contribution < -0.4 is 0 Å². The van der Waals surface area contributed by atoms with E-state index in [-0.39, 0.29) is 23.5 Å². The number of ether oxygens (including phenoxy) is 1. The summed E-state index contributed by atoms with van der Waals surface area (Å²) in [6.07, 6.45) is 2.67. The largest absolute Gasteiger partial charge is 0.504 e. The number of esters is 1. The lowest BCUT2D eigenvalue weighted by Gasteiger charge is -1.97. The van der Waals surface area contributed by atoms with Gasteiger partial charge in [0, 0.05) is 6.20 Å². The molecule has 17 heavy (non-hydrogen) atoms. The molecule has 0 bridgehead atoms. The maximum atomic E-state index is 11.5. The topological polar surface area (TPSA) is 87.6 Å². The van der Waals surface area contributed by atoms with Crippen molar-refractivity contribution in [2.24, 2.45) is 0 Å². The fourth-order valence-electron chi connectivity index (χ4n) is 1.45. The summed E-state index contributed by atoms with van der Waals surface area (Å²) in [5, 5.41) is 22.4. The Kier molecular flexibility index (Phi) is 2.66. The molecule has 0 atom stereocenters. The number of fused-ring (bicyclic) bond motifs is 1. The quantitative estimate of drug-likeness (QED) is 0.781. The van der Waals surface area contributed by atoms with Gasteiger partial charge in [0.25, 0.3) is 0 Å². The standard InChI is InChI=1S/C11H9N3O3/c1-2-17-11(16)7-3-9-10(15)8(4-12)5-13-14(9)6-7/h3,5-6,15H,2H2,1H3. The highest BCUT2D eigenvalue weighted by Crippen LogP contribution is 2.23. The molecule has 6 heteroatoms. The summed E-state index contributed by atoms with van der Waals surface area (Å²) >= 11 is 0. The number of hydrogen-bond donors (Lipinski definition) is 1. The summed E-state index contributed by atoms with van der Waals surface area (Å²) in [7, 11) is 0. The van der Waals surface area contributed by atoms with Gasteiger partial charge in [-0.05, 0) is 13.0 Å². The van der Waals surface area contributed by atoms with Gasteiger partial charge in [-0.2, -0.15) is 10.4 Å². The molecule has 2 aromatic heterocycles. The SMILES string of the molecule is CCOC(=O)c1cc2c(O)c(C#N)cnn2c1. The van der Waals surface area contributed by atoms with Crippen LogP contribution in [0.25, 0.3) is 5.52 Å². The highest BCUT2D eigenvalue weighted by Gasteiger charge is 2.14. The molecule has 6 nitrogen and oxygen atoms in total. The van der Waals surface area contributed by atoms with Crippen molar-refractivity contribution in [3.05, 3.63) is 29.6 Å². The summed E-state index contributed by atoms with van der Waals surface area (Å²) < 4.78 is 6.15. The predicted octanol–water partition coefficient (Wildman–Crippen LogP) is 1.09. The van der Waals surface area contributed by atoms with Gasteiger partial charge in [-0.1, -0.05) is 0 Å². The van der Waals surface area contributed by atoms with E-state index in [1.54, 1.807) is 6.92 Å². The molecule has 2 rings (SSSR count). The first-order chi connectivity index (χ1) is 8.17. The Labute approximate surface area is 96.7 Å². The predicted molar refractivity (Wildman–Crippen MR) is 57.5 cm³/mol. The summed E-state index contributed by atoms with van der Waals surface area (Å²) in [6.45, 7) is 1.98. The lowest BCUT2D eigenvalue weighted by atomic mass is 10.2. The second-order valence-electron chi connectivity index (χ2n) is 3.30. The molecule has 0 aliphatic heterocycles. The van der Waals surface area contributed by atoms with Crippen LogP contribution in [0.3, 0.4) is 0 Å². The molecule has 2 aromatic rings. The molecule has 0 amide bonds. The van der Waals surface area contributed by atoms with Gasteiger partial charge in [0.15, 0.2) is 5.75 Å². The molecular weight excluding hydrogens is 222 g/mol. The van der Waals surface area contributed by atoms with Crippen LogP contribution in [0.5, 0.6) is 5.75 Å². The first kappa shape index (κ1) is 11.0. The molecule has 1 N–H and O–H groups in total. The maximum Gasteiger partial charge on any atom is 0.339 e. The van der Waals surface area contributed by atoms with Crippen LogP contribution in [0.2, 0.25) is 0 Å². The highest BCUT2D eigenvalue weighted by molar-refractivity contribution is 5.91. The zero-order chi connectivity index (χ0) is 12.4. The molecule has 0 spiro atoms. The average molecular weight is 231 g/mol. The van der Waals surface area contributed by atoms with Gasteiger partial charge in [-0.25, -0.2) is 9.31 Å². The minimum atomic E-state index is -0.490. The molecule has 0 fully saturated rings. The fraction of sp³-hybridized carbons (Fsp3) is 0.182. The van der Waals surface area contributed by atoms with Crippen LogP contribution in [-0.4, -0.2) is 27.3 Å². The molecule has 2 heterocycles. The van der Waals surface area contributed by atoms with Crippen molar-refractivity contribution in [3.63, 3.8) is 0 Å². The van der Waals surface area contributed by atoms with E-state index in [0.717, 1.165) is 0 Å². The number of nitrogens with zero attached hydrogens (tertiary/aromatic N) is 3. The van der Waals surface area contributed by atoms with E-state index in [4.69, 9.17) is 10.00 Å². The third-order valence-electron chi connectivity index (χ3n) is 2.24. The lowest BCUT2D eigenvalue weighted by molar-refractivity contribution is 0.0526. The Morgan fingerprint density at radius 3 is 3.12 bits per heavy atom. The summed E-state index contributed by atoms with van der Waals surface area (Å²) in [6, 6.07) is 3.24. The minimum Gasteiger partial charge on any atom is -0.504 e. The second kappa shape index (κ2) is 4.14. The van der Waals surface area contributed by atoms with Gasteiger partial charge in [0.2, 0.25) is 0 Å². The number of hydrogen-bond acceptors (Lipinski definition) is 5. The van der Waals surface area contributed by atoms with E-state index >= 15 is 0 Å². The zero-order valence-electron chi connectivity index (χ0n) is 9.04. The lowest BCUT2D eigenvalue weighted by Crippen LogP contribution is -2.02. The number of aromatic nitrogens is 2.